The van der Waals surface area contributed by atoms with Gasteiger partial charge in [0.25, 0.3) is 5.91 Å². The normalized spacial score (nSPS) is 25.1. The van der Waals surface area contributed by atoms with E-state index < -0.39 is 0 Å². The molecule has 28 heavy (non-hydrogen) atoms. The van der Waals surface area contributed by atoms with Crippen LogP contribution < -0.4 is 10.1 Å². The SMILES string of the molecule is CC(NC(=O)c1cnn(C)c1OCc1ccccn1)C1CC2CCCC(C2)C1. The highest BCUT2D eigenvalue weighted by Crippen LogP contribution is 2.43. The maximum absolute atomic E-state index is 12.9. The van der Waals surface area contributed by atoms with Crippen LogP contribution in [0.15, 0.2) is 30.6 Å². The van der Waals surface area contributed by atoms with Gasteiger partial charge in [-0.05, 0) is 56.1 Å². The average molecular weight is 383 g/mol. The van der Waals surface area contributed by atoms with Crippen LogP contribution in [0.5, 0.6) is 5.88 Å². The summed E-state index contributed by atoms with van der Waals surface area (Å²) in [5.74, 6) is 2.66. The van der Waals surface area contributed by atoms with E-state index in [0.717, 1.165) is 17.5 Å². The molecule has 2 aromatic rings. The maximum atomic E-state index is 12.9. The first-order valence-electron chi connectivity index (χ1n) is 10.5. The molecule has 2 aliphatic rings. The van der Waals surface area contributed by atoms with Gasteiger partial charge in [0.15, 0.2) is 0 Å². The summed E-state index contributed by atoms with van der Waals surface area (Å²) in [5.41, 5.74) is 1.30. The van der Waals surface area contributed by atoms with Gasteiger partial charge in [-0.25, -0.2) is 4.68 Å². The maximum Gasteiger partial charge on any atom is 0.258 e. The minimum absolute atomic E-state index is 0.104. The summed E-state index contributed by atoms with van der Waals surface area (Å²) in [6.07, 6.45) is 11.3. The van der Waals surface area contributed by atoms with Crippen molar-refractivity contribution in [1.82, 2.24) is 20.1 Å². The molecule has 0 radical (unpaired) electrons. The Balaban J connectivity index is 1.39. The molecule has 0 saturated heterocycles. The summed E-state index contributed by atoms with van der Waals surface area (Å²) in [6, 6.07) is 5.86. The molecule has 150 valence electrons. The zero-order valence-electron chi connectivity index (χ0n) is 16.8. The van der Waals surface area contributed by atoms with Gasteiger partial charge in [-0.2, -0.15) is 5.10 Å². The number of hydrogen-bond donors (Lipinski definition) is 1. The number of hydrogen-bond acceptors (Lipinski definition) is 4. The molecule has 0 aromatic carbocycles. The van der Waals surface area contributed by atoms with Crippen LogP contribution in [0.1, 0.15) is 61.5 Å². The molecule has 1 N–H and O–H groups in total. The number of rotatable bonds is 6. The summed E-state index contributed by atoms with van der Waals surface area (Å²) >= 11 is 0. The Hall–Kier alpha value is -2.37. The third-order valence-electron chi connectivity index (χ3n) is 6.44. The molecule has 3 atom stereocenters. The van der Waals surface area contributed by atoms with E-state index in [0.29, 0.717) is 24.0 Å². The van der Waals surface area contributed by atoms with Crippen molar-refractivity contribution in [3.8, 4) is 5.88 Å². The van der Waals surface area contributed by atoms with Gasteiger partial charge in [0, 0.05) is 19.3 Å². The molecule has 1 amide bonds. The number of nitrogens with one attached hydrogen (secondary N) is 1. The fourth-order valence-corrected chi connectivity index (χ4v) is 4.97. The van der Waals surface area contributed by atoms with Gasteiger partial charge in [0.2, 0.25) is 5.88 Å². The highest BCUT2D eigenvalue weighted by atomic mass is 16.5. The number of amides is 1. The molecule has 3 unspecified atom stereocenters. The molecule has 2 bridgehead atoms. The molecule has 2 aliphatic carbocycles. The van der Waals surface area contributed by atoms with E-state index in [9.17, 15) is 4.79 Å². The van der Waals surface area contributed by atoms with Crippen molar-refractivity contribution >= 4 is 5.91 Å². The minimum Gasteiger partial charge on any atom is -0.471 e. The van der Waals surface area contributed by atoms with E-state index in [-0.39, 0.29) is 11.9 Å². The summed E-state index contributed by atoms with van der Waals surface area (Å²) in [5, 5.41) is 7.45. The number of ether oxygens (including phenoxy) is 1. The van der Waals surface area contributed by atoms with Crippen molar-refractivity contribution < 1.29 is 9.53 Å². The lowest BCUT2D eigenvalue weighted by Gasteiger charge is -2.41. The van der Waals surface area contributed by atoms with Crippen molar-refractivity contribution in [2.45, 2.75) is 58.1 Å². The van der Waals surface area contributed by atoms with Crippen molar-refractivity contribution in [2.24, 2.45) is 24.8 Å². The Morgan fingerprint density at radius 1 is 1.29 bits per heavy atom. The Morgan fingerprint density at radius 2 is 2.07 bits per heavy atom. The Labute approximate surface area is 166 Å². The van der Waals surface area contributed by atoms with Gasteiger partial charge in [0.1, 0.15) is 12.2 Å². The fourth-order valence-electron chi connectivity index (χ4n) is 4.97. The molecule has 2 heterocycles. The first-order chi connectivity index (χ1) is 13.6. The zero-order valence-corrected chi connectivity index (χ0v) is 16.8. The smallest absolute Gasteiger partial charge is 0.258 e. The largest absolute Gasteiger partial charge is 0.471 e. The minimum atomic E-state index is -0.104. The second kappa shape index (κ2) is 8.33. The third kappa shape index (κ3) is 4.21. The molecule has 2 fully saturated rings. The first kappa shape index (κ1) is 19.0. The van der Waals surface area contributed by atoms with Gasteiger partial charge in [-0.15, -0.1) is 0 Å². The van der Waals surface area contributed by atoms with Crippen LogP contribution in [0.3, 0.4) is 0 Å². The number of pyridine rings is 1. The van der Waals surface area contributed by atoms with E-state index in [1.165, 1.54) is 38.5 Å². The molecule has 6 heteroatoms. The van der Waals surface area contributed by atoms with Gasteiger partial charge in [-0.3, -0.25) is 9.78 Å². The number of carbonyl (C=O) groups is 1. The van der Waals surface area contributed by atoms with Crippen molar-refractivity contribution in [3.05, 3.63) is 41.9 Å². The van der Waals surface area contributed by atoms with Crippen LogP contribution in [0.4, 0.5) is 0 Å². The van der Waals surface area contributed by atoms with Crippen LogP contribution >= 0.6 is 0 Å². The van der Waals surface area contributed by atoms with Gasteiger partial charge >= 0.3 is 0 Å². The van der Waals surface area contributed by atoms with E-state index in [2.05, 4.69) is 22.3 Å². The lowest BCUT2D eigenvalue weighted by atomic mass is 9.66. The highest BCUT2D eigenvalue weighted by molar-refractivity contribution is 5.96. The molecule has 6 nitrogen and oxygen atoms in total. The summed E-state index contributed by atoms with van der Waals surface area (Å²) in [4.78, 5) is 17.2. The van der Waals surface area contributed by atoms with E-state index >= 15 is 0 Å². The van der Waals surface area contributed by atoms with E-state index in [1.54, 1.807) is 24.1 Å². The number of fused-ring (bicyclic) bond motifs is 2. The van der Waals surface area contributed by atoms with Crippen LogP contribution in [0, 0.1) is 17.8 Å². The van der Waals surface area contributed by atoms with Crippen molar-refractivity contribution in [3.63, 3.8) is 0 Å². The molecule has 2 aromatic heterocycles. The quantitative estimate of drug-likeness (QED) is 0.826. The molecule has 0 spiro atoms. The monoisotopic (exact) mass is 382 g/mol. The standard InChI is InChI=1S/C22H30N4O2/c1-15(18-11-16-6-5-7-17(10-16)12-18)25-21(27)20-13-24-26(2)22(20)28-14-19-8-3-4-9-23-19/h3-4,8-9,13,15-18H,5-7,10-12,14H2,1-2H3,(H,25,27). The molecule has 2 saturated carbocycles. The van der Waals surface area contributed by atoms with Gasteiger partial charge < -0.3 is 10.1 Å². The molecule has 0 aliphatic heterocycles. The lowest BCUT2D eigenvalue weighted by Crippen LogP contribution is -2.42. The highest BCUT2D eigenvalue weighted by Gasteiger charge is 2.35. The van der Waals surface area contributed by atoms with Crippen molar-refractivity contribution in [1.29, 1.82) is 0 Å². The fraction of sp³-hybridized carbons (Fsp3) is 0.591. The number of aromatic nitrogens is 3. The Bertz CT molecular complexity index is 792. The van der Waals surface area contributed by atoms with Gasteiger partial charge in [-0.1, -0.05) is 25.3 Å². The van der Waals surface area contributed by atoms with Gasteiger partial charge in [0.05, 0.1) is 11.9 Å². The predicted octanol–water partition coefficient (Wildman–Crippen LogP) is 3.73. The first-order valence-corrected chi connectivity index (χ1v) is 10.5. The Kier molecular flexibility index (Phi) is 5.64. The summed E-state index contributed by atoms with van der Waals surface area (Å²) < 4.78 is 7.48. The topological polar surface area (TPSA) is 69.0 Å². The second-order valence-electron chi connectivity index (χ2n) is 8.49. The number of aryl methyl sites for hydroxylation is 1. The van der Waals surface area contributed by atoms with Crippen LogP contribution in [-0.2, 0) is 13.7 Å². The Morgan fingerprint density at radius 3 is 2.79 bits per heavy atom. The van der Waals surface area contributed by atoms with Crippen LogP contribution in [-0.4, -0.2) is 26.7 Å². The van der Waals surface area contributed by atoms with Crippen molar-refractivity contribution in [2.75, 3.05) is 0 Å². The zero-order chi connectivity index (χ0) is 19.5. The summed E-state index contributed by atoms with van der Waals surface area (Å²) in [6.45, 7) is 2.45. The molecular formula is C22H30N4O2. The lowest BCUT2D eigenvalue weighted by molar-refractivity contribution is 0.0849. The predicted molar refractivity (Wildman–Crippen MR) is 107 cm³/mol. The van der Waals surface area contributed by atoms with Crippen LogP contribution in [0.2, 0.25) is 0 Å². The molecular weight excluding hydrogens is 352 g/mol. The van der Waals surface area contributed by atoms with E-state index in [1.807, 2.05) is 18.2 Å². The second-order valence-corrected chi connectivity index (χ2v) is 8.49. The third-order valence-corrected chi connectivity index (χ3v) is 6.44. The molecule has 4 rings (SSSR count). The van der Waals surface area contributed by atoms with E-state index in [4.69, 9.17) is 4.74 Å². The number of carbonyl (C=O) groups excluding carboxylic acids is 1. The summed E-state index contributed by atoms with van der Waals surface area (Å²) in [7, 11) is 1.79. The average Bonchev–Trinajstić information content (AvgIpc) is 3.07. The number of nitrogens with zero attached hydrogens (tertiary/aromatic N) is 3. The van der Waals surface area contributed by atoms with Crippen LogP contribution in [0.25, 0.3) is 0 Å².